The van der Waals surface area contributed by atoms with Crippen LogP contribution in [0.4, 0.5) is 5.69 Å². The highest BCUT2D eigenvalue weighted by molar-refractivity contribution is 5.85. The summed E-state index contributed by atoms with van der Waals surface area (Å²) in [5.41, 5.74) is 7.77. The maximum absolute atomic E-state index is 5.66. The lowest BCUT2D eigenvalue weighted by atomic mass is 10.1. The highest BCUT2D eigenvalue weighted by atomic mass is 16.0. The average Bonchev–Trinajstić information content (AvgIpc) is 2.21. The molecule has 0 saturated carbocycles. The van der Waals surface area contributed by atoms with Crippen molar-refractivity contribution in [2.45, 2.75) is 20.8 Å². The van der Waals surface area contributed by atoms with Crippen molar-refractivity contribution in [3.8, 4) is 0 Å². The van der Waals surface area contributed by atoms with Crippen molar-refractivity contribution in [3.05, 3.63) is 42.0 Å². The summed E-state index contributed by atoms with van der Waals surface area (Å²) in [5, 5.41) is 2.46. The largest absolute Gasteiger partial charge is 0.412 e. The van der Waals surface area contributed by atoms with Crippen molar-refractivity contribution >= 4 is 16.5 Å². The zero-order chi connectivity index (χ0) is 10.6. The molecule has 0 aliphatic carbocycles. The third kappa shape index (κ3) is 3.26. The second-order valence-electron chi connectivity index (χ2n) is 3.11. The van der Waals surface area contributed by atoms with Gasteiger partial charge < -0.3 is 11.2 Å². The molecule has 2 aromatic rings. The standard InChI is InChI=1S/C11H11N.C2H6.H2O/c1-8-2-3-10-7-11(12)5-4-9(10)6-8;1-2;/h2-7H,12H2,1H3;1-2H3;1H2. The van der Waals surface area contributed by atoms with E-state index in [4.69, 9.17) is 5.73 Å². The first-order valence-electron chi connectivity index (χ1n) is 5.01. The van der Waals surface area contributed by atoms with E-state index in [-0.39, 0.29) is 5.48 Å². The Kier molecular flexibility index (Phi) is 5.42. The number of rotatable bonds is 0. The van der Waals surface area contributed by atoms with Crippen LogP contribution in [0.15, 0.2) is 36.4 Å². The molecule has 2 heteroatoms. The molecule has 0 aliphatic rings. The quantitative estimate of drug-likeness (QED) is 0.660. The molecule has 0 heterocycles. The molecule has 2 rings (SSSR count). The molecule has 0 bridgehead atoms. The lowest BCUT2D eigenvalue weighted by molar-refractivity contribution is 0.824. The summed E-state index contributed by atoms with van der Waals surface area (Å²) < 4.78 is 0. The first-order chi connectivity index (χ1) is 6.75. The number of aryl methyl sites for hydroxylation is 1. The lowest BCUT2D eigenvalue weighted by Crippen LogP contribution is -1.83. The number of nitrogens with two attached hydrogens (primary N) is 1. The first-order valence-corrected chi connectivity index (χ1v) is 5.01. The minimum absolute atomic E-state index is 0. The van der Waals surface area contributed by atoms with Gasteiger partial charge in [-0.2, -0.15) is 0 Å². The molecule has 0 saturated heterocycles. The zero-order valence-electron chi connectivity index (χ0n) is 9.54. The van der Waals surface area contributed by atoms with Gasteiger partial charge in [0.05, 0.1) is 0 Å². The summed E-state index contributed by atoms with van der Waals surface area (Å²) in [6.45, 7) is 6.09. The molecule has 0 unspecified atom stereocenters. The smallest absolute Gasteiger partial charge is 0.0320 e. The molecule has 0 spiro atoms. The first kappa shape index (κ1) is 13.5. The van der Waals surface area contributed by atoms with Gasteiger partial charge in [0.1, 0.15) is 0 Å². The number of fused-ring (bicyclic) bond motifs is 1. The Balaban J connectivity index is 0.000000617. The van der Waals surface area contributed by atoms with Crippen molar-refractivity contribution in [1.82, 2.24) is 0 Å². The number of hydrogen-bond acceptors (Lipinski definition) is 1. The lowest BCUT2D eigenvalue weighted by Gasteiger charge is -1.99. The monoisotopic (exact) mass is 205 g/mol. The maximum atomic E-state index is 5.66. The Hall–Kier alpha value is -1.54. The minimum Gasteiger partial charge on any atom is -0.412 e. The molecular weight excluding hydrogens is 186 g/mol. The Morgan fingerprint density at radius 1 is 0.867 bits per heavy atom. The van der Waals surface area contributed by atoms with Crippen LogP contribution in [0.2, 0.25) is 0 Å². The molecule has 82 valence electrons. The normalized spacial score (nSPS) is 8.73. The van der Waals surface area contributed by atoms with Gasteiger partial charge in [0.25, 0.3) is 0 Å². The van der Waals surface area contributed by atoms with E-state index >= 15 is 0 Å². The van der Waals surface area contributed by atoms with Crippen LogP contribution < -0.4 is 5.73 Å². The van der Waals surface area contributed by atoms with Crippen LogP contribution >= 0.6 is 0 Å². The number of nitrogen functional groups attached to an aromatic ring is 1. The Labute approximate surface area is 91.0 Å². The van der Waals surface area contributed by atoms with Gasteiger partial charge in [-0.3, -0.25) is 0 Å². The van der Waals surface area contributed by atoms with E-state index in [9.17, 15) is 0 Å². The number of benzene rings is 2. The third-order valence-corrected chi connectivity index (χ3v) is 2.02. The van der Waals surface area contributed by atoms with Crippen LogP contribution in [0.1, 0.15) is 19.4 Å². The van der Waals surface area contributed by atoms with Gasteiger partial charge in [0.15, 0.2) is 0 Å². The van der Waals surface area contributed by atoms with E-state index in [1.165, 1.54) is 16.3 Å². The second-order valence-corrected chi connectivity index (χ2v) is 3.11. The Morgan fingerprint density at radius 2 is 1.40 bits per heavy atom. The van der Waals surface area contributed by atoms with Crippen molar-refractivity contribution in [1.29, 1.82) is 0 Å². The maximum Gasteiger partial charge on any atom is 0.0320 e. The van der Waals surface area contributed by atoms with Crippen molar-refractivity contribution in [2.24, 2.45) is 0 Å². The summed E-state index contributed by atoms with van der Waals surface area (Å²) in [7, 11) is 0. The molecule has 0 atom stereocenters. The van der Waals surface area contributed by atoms with E-state index in [1.807, 2.05) is 26.0 Å². The number of hydrogen-bond donors (Lipinski definition) is 1. The zero-order valence-corrected chi connectivity index (χ0v) is 9.54. The van der Waals surface area contributed by atoms with Crippen LogP contribution in [-0.4, -0.2) is 5.48 Å². The topological polar surface area (TPSA) is 57.5 Å². The van der Waals surface area contributed by atoms with Crippen LogP contribution in [-0.2, 0) is 0 Å². The van der Waals surface area contributed by atoms with E-state index in [2.05, 4.69) is 31.2 Å². The van der Waals surface area contributed by atoms with Crippen molar-refractivity contribution in [2.75, 3.05) is 5.73 Å². The Bertz CT molecular complexity index is 383. The Morgan fingerprint density at radius 3 is 2.07 bits per heavy atom. The van der Waals surface area contributed by atoms with Crippen molar-refractivity contribution < 1.29 is 5.48 Å². The van der Waals surface area contributed by atoms with Crippen LogP contribution in [0, 0.1) is 6.92 Å². The van der Waals surface area contributed by atoms with Gasteiger partial charge in [-0.15, -0.1) is 0 Å². The molecule has 2 aromatic carbocycles. The van der Waals surface area contributed by atoms with E-state index in [1.54, 1.807) is 0 Å². The SMILES string of the molecule is CC.Cc1ccc2cc(N)ccc2c1.O. The van der Waals surface area contributed by atoms with Crippen LogP contribution in [0.5, 0.6) is 0 Å². The average molecular weight is 205 g/mol. The van der Waals surface area contributed by atoms with Gasteiger partial charge in [0.2, 0.25) is 0 Å². The predicted octanol–water partition coefficient (Wildman–Crippen LogP) is 2.93. The van der Waals surface area contributed by atoms with E-state index < -0.39 is 0 Å². The fraction of sp³-hybridized carbons (Fsp3) is 0.231. The molecule has 0 radical (unpaired) electrons. The van der Waals surface area contributed by atoms with Gasteiger partial charge in [0, 0.05) is 5.69 Å². The van der Waals surface area contributed by atoms with Crippen molar-refractivity contribution in [3.63, 3.8) is 0 Å². The predicted molar refractivity (Wildman–Crippen MR) is 68.1 cm³/mol. The third-order valence-electron chi connectivity index (χ3n) is 2.02. The van der Waals surface area contributed by atoms with Crippen LogP contribution in [0.3, 0.4) is 0 Å². The molecule has 0 aromatic heterocycles. The molecular formula is C13H19NO. The van der Waals surface area contributed by atoms with Gasteiger partial charge in [-0.05, 0) is 29.8 Å². The fourth-order valence-corrected chi connectivity index (χ4v) is 1.38. The second kappa shape index (κ2) is 6.04. The summed E-state index contributed by atoms with van der Waals surface area (Å²) in [5.74, 6) is 0. The minimum atomic E-state index is 0. The van der Waals surface area contributed by atoms with E-state index in [0.717, 1.165) is 5.69 Å². The van der Waals surface area contributed by atoms with Gasteiger partial charge >= 0.3 is 0 Å². The fourth-order valence-electron chi connectivity index (χ4n) is 1.38. The molecule has 0 amide bonds. The van der Waals surface area contributed by atoms with Crippen LogP contribution in [0.25, 0.3) is 10.8 Å². The molecule has 2 nitrogen and oxygen atoms in total. The molecule has 0 fully saturated rings. The summed E-state index contributed by atoms with van der Waals surface area (Å²) in [6.07, 6.45) is 0. The summed E-state index contributed by atoms with van der Waals surface area (Å²) in [4.78, 5) is 0. The highest BCUT2D eigenvalue weighted by Gasteiger charge is 1.93. The summed E-state index contributed by atoms with van der Waals surface area (Å²) in [6, 6.07) is 12.3. The molecule has 15 heavy (non-hydrogen) atoms. The molecule has 0 aliphatic heterocycles. The summed E-state index contributed by atoms with van der Waals surface area (Å²) >= 11 is 0. The van der Waals surface area contributed by atoms with E-state index in [0.29, 0.717) is 0 Å². The van der Waals surface area contributed by atoms with Gasteiger partial charge in [-0.25, -0.2) is 0 Å². The molecule has 4 N–H and O–H groups in total. The number of anilines is 1. The highest BCUT2D eigenvalue weighted by Crippen LogP contribution is 2.18. The van der Waals surface area contributed by atoms with Gasteiger partial charge in [-0.1, -0.05) is 43.7 Å².